The molecule has 0 aromatic rings. The molecule has 1 fully saturated rings. The van der Waals surface area contributed by atoms with Crippen LogP contribution in [0, 0.1) is 5.92 Å². The van der Waals surface area contributed by atoms with Gasteiger partial charge < -0.3 is 4.74 Å². The molecule has 1 rings (SSSR count). The van der Waals surface area contributed by atoms with E-state index in [1.54, 1.807) is 13.8 Å². The highest BCUT2D eigenvalue weighted by atomic mass is 32.3. The van der Waals surface area contributed by atoms with Crippen LogP contribution in [-0.2, 0) is 15.0 Å². The van der Waals surface area contributed by atoms with Crippen LogP contribution in [0.2, 0.25) is 0 Å². The molecular weight excluding hydrogens is 207 g/mol. The van der Waals surface area contributed by atoms with Crippen molar-refractivity contribution in [2.24, 2.45) is 5.92 Å². The van der Waals surface area contributed by atoms with Gasteiger partial charge in [-0.3, -0.25) is 0 Å². The highest BCUT2D eigenvalue weighted by Crippen LogP contribution is 2.42. The fraction of sp³-hybridized carbons (Fsp3) is 1.00. The van der Waals surface area contributed by atoms with Crippen LogP contribution >= 0.6 is 0 Å². The van der Waals surface area contributed by atoms with Crippen molar-refractivity contribution in [2.45, 2.75) is 45.3 Å². The number of ether oxygens (including phenoxy) is 1. The number of hydrogen-bond donors (Lipinski definition) is 0. The fourth-order valence-electron chi connectivity index (χ4n) is 2.18. The summed E-state index contributed by atoms with van der Waals surface area (Å²) in [6.07, 6.45) is 0.573. The van der Waals surface area contributed by atoms with Gasteiger partial charge >= 0.3 is 10.2 Å². The first kappa shape index (κ1) is 11.9. The van der Waals surface area contributed by atoms with Gasteiger partial charge in [0.05, 0.1) is 17.0 Å². The lowest BCUT2D eigenvalue weighted by Gasteiger charge is -2.26. The summed E-state index contributed by atoms with van der Waals surface area (Å²) in [5.41, 5.74) is -0.929. The second-order valence-electron chi connectivity index (χ2n) is 5.07. The molecule has 1 unspecified atom stereocenters. The highest BCUT2D eigenvalue weighted by molar-refractivity contribution is 7.86. The number of hydrogen-bond acceptors (Lipinski definition) is 3. The predicted molar refractivity (Wildman–Crippen MR) is 52.2 cm³/mol. The Morgan fingerprint density at radius 3 is 2.14 bits per heavy atom. The van der Waals surface area contributed by atoms with Gasteiger partial charge in [0.25, 0.3) is 0 Å². The van der Waals surface area contributed by atoms with Crippen LogP contribution in [0.15, 0.2) is 0 Å². The normalized spacial score (nSPS) is 30.5. The van der Waals surface area contributed by atoms with Gasteiger partial charge in [-0.05, 0) is 34.1 Å². The molecule has 0 aromatic carbocycles. The molecule has 1 aliphatic rings. The van der Waals surface area contributed by atoms with Crippen molar-refractivity contribution < 1.29 is 17.0 Å². The molecule has 3 nitrogen and oxygen atoms in total. The van der Waals surface area contributed by atoms with Crippen molar-refractivity contribution in [3.63, 3.8) is 0 Å². The lowest BCUT2D eigenvalue weighted by Crippen LogP contribution is -2.32. The zero-order valence-corrected chi connectivity index (χ0v) is 9.82. The fourth-order valence-corrected chi connectivity index (χ4v) is 3.18. The minimum atomic E-state index is -4.41. The highest BCUT2D eigenvalue weighted by Gasteiger charge is 2.47. The standard InChI is InChI=1S/C9H17FO3S/c1-8(2)5-7(6-14(10,11)12)9(3,4)13-8/h7H,5-6H2,1-4H3. The van der Waals surface area contributed by atoms with E-state index in [2.05, 4.69) is 0 Å². The van der Waals surface area contributed by atoms with Gasteiger partial charge in [-0.25, -0.2) is 0 Å². The van der Waals surface area contributed by atoms with Crippen molar-refractivity contribution >= 4 is 10.2 Å². The summed E-state index contributed by atoms with van der Waals surface area (Å²) < 4.78 is 39.3. The van der Waals surface area contributed by atoms with Gasteiger partial charge in [0.15, 0.2) is 0 Å². The van der Waals surface area contributed by atoms with E-state index in [1.807, 2.05) is 13.8 Å². The van der Waals surface area contributed by atoms with Crippen LogP contribution in [0.5, 0.6) is 0 Å². The summed E-state index contributed by atoms with van der Waals surface area (Å²) in [5.74, 6) is -0.712. The largest absolute Gasteiger partial charge is 0.369 e. The Morgan fingerprint density at radius 1 is 1.36 bits per heavy atom. The molecule has 0 spiro atoms. The molecule has 1 aliphatic heterocycles. The van der Waals surface area contributed by atoms with Crippen molar-refractivity contribution in [3.05, 3.63) is 0 Å². The van der Waals surface area contributed by atoms with Gasteiger partial charge in [0.2, 0.25) is 0 Å². The summed E-state index contributed by atoms with van der Waals surface area (Å²) in [7, 11) is -4.41. The van der Waals surface area contributed by atoms with E-state index < -0.39 is 21.6 Å². The Kier molecular flexibility index (Phi) is 2.69. The summed E-state index contributed by atoms with van der Waals surface area (Å²) in [4.78, 5) is 0. The molecule has 0 saturated carbocycles. The molecular formula is C9H17FO3S. The number of rotatable bonds is 2. The third-order valence-electron chi connectivity index (χ3n) is 2.66. The Balaban J connectivity index is 2.81. The molecule has 0 amide bonds. The van der Waals surface area contributed by atoms with Gasteiger partial charge in [-0.1, -0.05) is 0 Å². The van der Waals surface area contributed by atoms with Crippen LogP contribution < -0.4 is 0 Å². The van der Waals surface area contributed by atoms with E-state index in [4.69, 9.17) is 4.74 Å². The lowest BCUT2D eigenvalue weighted by atomic mass is 9.89. The topological polar surface area (TPSA) is 43.4 Å². The lowest BCUT2D eigenvalue weighted by molar-refractivity contribution is -0.0727. The van der Waals surface area contributed by atoms with Gasteiger partial charge in [0, 0.05) is 5.92 Å². The average Bonchev–Trinajstić information content (AvgIpc) is 1.94. The van der Waals surface area contributed by atoms with E-state index in [1.165, 1.54) is 0 Å². The average molecular weight is 224 g/mol. The van der Waals surface area contributed by atoms with Crippen molar-refractivity contribution in [1.82, 2.24) is 0 Å². The Labute approximate surface area is 84.9 Å². The Hall–Kier alpha value is -0.160. The molecule has 1 atom stereocenters. The molecule has 5 heteroatoms. The second-order valence-corrected chi connectivity index (χ2v) is 6.48. The van der Waals surface area contributed by atoms with Crippen LogP contribution in [0.4, 0.5) is 3.89 Å². The molecule has 0 bridgehead atoms. The zero-order valence-electron chi connectivity index (χ0n) is 9.00. The van der Waals surface area contributed by atoms with Crippen LogP contribution in [0.3, 0.4) is 0 Å². The first-order valence-electron chi connectivity index (χ1n) is 4.64. The minimum absolute atomic E-state index is 0.271. The molecule has 0 radical (unpaired) electrons. The van der Waals surface area contributed by atoms with Crippen LogP contribution in [0.1, 0.15) is 34.1 Å². The first-order valence-corrected chi connectivity index (χ1v) is 6.20. The quantitative estimate of drug-likeness (QED) is 0.673. The molecule has 14 heavy (non-hydrogen) atoms. The molecule has 0 N–H and O–H groups in total. The van der Waals surface area contributed by atoms with E-state index in [0.717, 1.165) is 0 Å². The molecule has 1 heterocycles. The summed E-state index contributed by atoms with van der Waals surface area (Å²) in [6.45, 7) is 7.38. The Bertz CT molecular complexity index is 319. The SMILES string of the molecule is CC1(C)CC(CS(=O)(=O)F)C(C)(C)O1. The van der Waals surface area contributed by atoms with E-state index in [0.29, 0.717) is 6.42 Å². The van der Waals surface area contributed by atoms with Gasteiger partial charge in [-0.2, -0.15) is 8.42 Å². The predicted octanol–water partition coefficient (Wildman–Crippen LogP) is 1.88. The summed E-state index contributed by atoms with van der Waals surface area (Å²) >= 11 is 0. The van der Waals surface area contributed by atoms with Crippen LogP contribution in [-0.4, -0.2) is 25.4 Å². The number of halogens is 1. The molecule has 84 valence electrons. The van der Waals surface area contributed by atoms with E-state index >= 15 is 0 Å². The minimum Gasteiger partial charge on any atom is -0.369 e. The first-order chi connectivity index (χ1) is 6.02. The molecule has 0 aliphatic carbocycles. The third-order valence-corrected chi connectivity index (χ3v) is 3.46. The summed E-state index contributed by atoms with van der Waals surface area (Å²) in [5, 5.41) is 0. The Morgan fingerprint density at radius 2 is 1.86 bits per heavy atom. The van der Waals surface area contributed by atoms with Crippen molar-refractivity contribution in [2.75, 3.05) is 5.75 Å². The molecule has 0 aromatic heterocycles. The van der Waals surface area contributed by atoms with E-state index in [-0.39, 0.29) is 11.5 Å². The summed E-state index contributed by atoms with van der Waals surface area (Å²) in [6, 6.07) is 0. The smallest absolute Gasteiger partial charge is 0.302 e. The van der Waals surface area contributed by atoms with Crippen LogP contribution in [0.25, 0.3) is 0 Å². The van der Waals surface area contributed by atoms with E-state index in [9.17, 15) is 12.3 Å². The van der Waals surface area contributed by atoms with Gasteiger partial charge in [-0.15, -0.1) is 3.89 Å². The maximum Gasteiger partial charge on any atom is 0.302 e. The maximum absolute atomic E-state index is 12.6. The monoisotopic (exact) mass is 224 g/mol. The van der Waals surface area contributed by atoms with Crippen molar-refractivity contribution in [1.29, 1.82) is 0 Å². The second kappa shape index (κ2) is 3.17. The van der Waals surface area contributed by atoms with Crippen molar-refractivity contribution in [3.8, 4) is 0 Å². The third kappa shape index (κ3) is 2.92. The molecule has 1 saturated heterocycles. The van der Waals surface area contributed by atoms with Gasteiger partial charge in [0.1, 0.15) is 0 Å². The maximum atomic E-state index is 12.6. The zero-order chi connectivity index (χ0) is 11.2.